The van der Waals surface area contributed by atoms with Crippen LogP contribution in [0.15, 0.2) is 0 Å². The Bertz CT molecular complexity index is 610. The highest BCUT2D eigenvalue weighted by Gasteiger charge is 2.50. The molecule has 232 valence electrons. The molecular formula is C28H54O11. The summed E-state index contributed by atoms with van der Waals surface area (Å²) in [6.07, 6.45) is 2.83. The van der Waals surface area contributed by atoms with Crippen LogP contribution in [0.1, 0.15) is 96.8 Å². The second-order valence-corrected chi connectivity index (χ2v) is 11.0. The van der Waals surface area contributed by atoms with Crippen molar-refractivity contribution in [3.8, 4) is 0 Å². The van der Waals surface area contributed by atoms with Crippen molar-refractivity contribution in [2.75, 3.05) is 19.8 Å². The molecule has 0 unspecified atom stereocenters. The Hall–Kier alpha value is -0.440. The van der Waals surface area contributed by atoms with Crippen LogP contribution in [0.3, 0.4) is 0 Å². The number of hydrogen-bond acceptors (Lipinski definition) is 11. The Morgan fingerprint density at radius 3 is 1.44 bits per heavy atom. The van der Waals surface area contributed by atoms with Crippen molar-refractivity contribution in [3.05, 3.63) is 0 Å². The van der Waals surface area contributed by atoms with Crippen molar-refractivity contribution < 1.29 is 54.7 Å². The molecule has 0 amide bonds. The van der Waals surface area contributed by atoms with Gasteiger partial charge >= 0.3 is 0 Å². The summed E-state index contributed by atoms with van der Waals surface area (Å²) < 4.78 is 22.5. The smallest absolute Gasteiger partial charge is 0.187 e. The molecule has 2 saturated heterocycles. The molecule has 0 radical (unpaired) electrons. The summed E-state index contributed by atoms with van der Waals surface area (Å²) in [6.45, 7) is 1.34. The molecule has 0 spiro atoms. The van der Waals surface area contributed by atoms with Crippen LogP contribution in [0.25, 0.3) is 0 Å². The monoisotopic (exact) mass is 566 g/mol. The largest absolute Gasteiger partial charge is 0.394 e. The molecular weight excluding hydrogens is 512 g/mol. The number of aliphatic hydroxyl groups excluding tert-OH is 7. The van der Waals surface area contributed by atoms with E-state index < -0.39 is 74.6 Å². The minimum absolute atomic E-state index is 0.290. The summed E-state index contributed by atoms with van der Waals surface area (Å²) >= 11 is 0. The fourth-order valence-corrected chi connectivity index (χ4v) is 5.17. The summed E-state index contributed by atoms with van der Waals surface area (Å²) in [6, 6.07) is 0. The minimum Gasteiger partial charge on any atom is -0.394 e. The first kappa shape index (κ1) is 34.8. The molecule has 2 aliphatic rings. The zero-order chi connectivity index (χ0) is 28.6. The fraction of sp³-hybridized carbons (Fsp3) is 1.00. The van der Waals surface area contributed by atoms with Gasteiger partial charge in [0.2, 0.25) is 0 Å². The third-order valence-electron chi connectivity index (χ3n) is 7.74. The molecule has 2 rings (SSSR count). The van der Waals surface area contributed by atoms with Gasteiger partial charge in [-0.15, -0.1) is 0 Å². The van der Waals surface area contributed by atoms with Crippen molar-refractivity contribution in [3.63, 3.8) is 0 Å². The Morgan fingerprint density at radius 2 is 0.949 bits per heavy atom. The molecule has 0 saturated carbocycles. The Morgan fingerprint density at radius 1 is 0.513 bits per heavy atom. The van der Waals surface area contributed by atoms with Gasteiger partial charge in [0.15, 0.2) is 12.6 Å². The third-order valence-corrected chi connectivity index (χ3v) is 7.74. The molecule has 0 aromatic heterocycles. The number of unbranched alkanes of at least 4 members (excludes halogenated alkanes) is 13. The van der Waals surface area contributed by atoms with E-state index in [-0.39, 0.29) is 6.61 Å². The van der Waals surface area contributed by atoms with Gasteiger partial charge in [-0.25, -0.2) is 0 Å². The van der Waals surface area contributed by atoms with Gasteiger partial charge in [0.25, 0.3) is 0 Å². The summed E-state index contributed by atoms with van der Waals surface area (Å²) in [7, 11) is 0. The first-order valence-corrected chi connectivity index (χ1v) is 15.1. The van der Waals surface area contributed by atoms with Gasteiger partial charge in [-0.2, -0.15) is 0 Å². The molecule has 11 nitrogen and oxygen atoms in total. The van der Waals surface area contributed by atoms with Crippen LogP contribution in [0.2, 0.25) is 0 Å². The summed E-state index contributed by atoms with van der Waals surface area (Å²) in [5.41, 5.74) is 0. The van der Waals surface area contributed by atoms with E-state index in [9.17, 15) is 35.7 Å². The van der Waals surface area contributed by atoms with Gasteiger partial charge in [0.05, 0.1) is 13.2 Å². The Labute approximate surface area is 233 Å². The predicted octanol–water partition coefficient (Wildman–Crippen LogP) is 1.11. The quantitative estimate of drug-likeness (QED) is 0.105. The zero-order valence-electron chi connectivity index (χ0n) is 23.6. The zero-order valence-corrected chi connectivity index (χ0v) is 23.6. The predicted molar refractivity (Wildman–Crippen MR) is 143 cm³/mol. The maximum Gasteiger partial charge on any atom is 0.187 e. The topological polar surface area (TPSA) is 179 Å². The van der Waals surface area contributed by atoms with Gasteiger partial charge in [-0.1, -0.05) is 90.4 Å². The van der Waals surface area contributed by atoms with Gasteiger partial charge in [0.1, 0.15) is 48.8 Å². The molecule has 0 aromatic rings. The van der Waals surface area contributed by atoms with E-state index in [0.717, 1.165) is 25.7 Å². The molecule has 39 heavy (non-hydrogen) atoms. The molecule has 0 aliphatic carbocycles. The number of rotatable bonds is 20. The van der Waals surface area contributed by atoms with E-state index in [1.54, 1.807) is 0 Å². The van der Waals surface area contributed by atoms with Crippen LogP contribution in [0.4, 0.5) is 0 Å². The maximum atomic E-state index is 10.6. The Kier molecular flexibility index (Phi) is 17.5. The van der Waals surface area contributed by atoms with Crippen LogP contribution in [0.5, 0.6) is 0 Å². The summed E-state index contributed by atoms with van der Waals surface area (Å²) in [5.74, 6) is 0. The van der Waals surface area contributed by atoms with E-state index >= 15 is 0 Å². The molecule has 2 heterocycles. The van der Waals surface area contributed by atoms with Crippen LogP contribution < -0.4 is 0 Å². The highest BCUT2D eigenvalue weighted by atomic mass is 16.8. The molecule has 0 bridgehead atoms. The standard InChI is InChI=1S/C28H54O11/c1-2-3-4-5-6-7-8-9-10-11-12-13-14-15-16-36-28-26(24(34)22(32)20(18-30)38-28)39-27-25(35)23(33)21(31)19(17-29)37-27/h19-35H,2-18H2,1H3/t19-,20-,21-,22-,23+,24+,25-,26-,27+,28-/m1/s1. The molecule has 0 aromatic carbocycles. The van der Waals surface area contributed by atoms with Gasteiger partial charge in [-0.3, -0.25) is 0 Å². The van der Waals surface area contributed by atoms with Gasteiger partial charge in [-0.05, 0) is 6.42 Å². The SMILES string of the molecule is CCCCCCCCCCCCCCCCO[C@@H]1O[C@H](CO)[C@@H](O)[C@H](O)[C@H]1O[C@@H]1O[C@H](CO)[C@@H](O)[C@H](O)[C@H]1O. The first-order valence-electron chi connectivity index (χ1n) is 15.1. The van der Waals surface area contributed by atoms with E-state index in [2.05, 4.69) is 6.92 Å². The highest BCUT2D eigenvalue weighted by Crippen LogP contribution is 2.30. The lowest BCUT2D eigenvalue weighted by Gasteiger charge is -2.45. The normalized spacial score (nSPS) is 35.4. The van der Waals surface area contributed by atoms with Crippen LogP contribution >= 0.6 is 0 Å². The lowest BCUT2D eigenvalue weighted by atomic mass is 9.97. The van der Waals surface area contributed by atoms with E-state index in [4.69, 9.17) is 18.9 Å². The number of ether oxygens (including phenoxy) is 4. The van der Waals surface area contributed by atoms with Crippen molar-refractivity contribution in [1.29, 1.82) is 0 Å². The fourth-order valence-electron chi connectivity index (χ4n) is 5.17. The first-order chi connectivity index (χ1) is 18.8. The average Bonchev–Trinajstić information content (AvgIpc) is 2.94. The molecule has 2 aliphatic heterocycles. The van der Waals surface area contributed by atoms with E-state index in [1.165, 1.54) is 64.2 Å². The summed E-state index contributed by atoms with van der Waals surface area (Å²) in [5, 5.41) is 70.2. The van der Waals surface area contributed by atoms with Crippen molar-refractivity contribution >= 4 is 0 Å². The van der Waals surface area contributed by atoms with Crippen LogP contribution in [-0.4, -0.2) is 117 Å². The van der Waals surface area contributed by atoms with Crippen LogP contribution in [-0.2, 0) is 18.9 Å². The maximum absolute atomic E-state index is 10.6. The van der Waals surface area contributed by atoms with Crippen molar-refractivity contribution in [2.24, 2.45) is 0 Å². The lowest BCUT2D eigenvalue weighted by molar-refractivity contribution is -0.367. The molecule has 7 N–H and O–H groups in total. The minimum atomic E-state index is -1.69. The molecule has 2 fully saturated rings. The van der Waals surface area contributed by atoms with Gasteiger partial charge < -0.3 is 54.7 Å². The average molecular weight is 567 g/mol. The lowest BCUT2D eigenvalue weighted by Crippen LogP contribution is -2.64. The van der Waals surface area contributed by atoms with E-state index in [0.29, 0.717) is 0 Å². The molecule has 11 heteroatoms. The van der Waals surface area contributed by atoms with Gasteiger partial charge in [0, 0.05) is 6.61 Å². The highest BCUT2D eigenvalue weighted by molar-refractivity contribution is 4.93. The number of aliphatic hydroxyl groups is 7. The summed E-state index contributed by atoms with van der Waals surface area (Å²) in [4.78, 5) is 0. The van der Waals surface area contributed by atoms with Crippen LogP contribution in [0, 0.1) is 0 Å². The Balaban J connectivity index is 1.70. The second kappa shape index (κ2) is 19.6. The number of hydrogen-bond donors (Lipinski definition) is 7. The van der Waals surface area contributed by atoms with Crippen molar-refractivity contribution in [1.82, 2.24) is 0 Å². The third kappa shape index (κ3) is 11.4. The molecule has 10 atom stereocenters. The second-order valence-electron chi connectivity index (χ2n) is 11.0. The van der Waals surface area contributed by atoms with Crippen molar-refractivity contribution in [2.45, 2.75) is 158 Å². The van der Waals surface area contributed by atoms with E-state index in [1.807, 2.05) is 0 Å².